The molecule has 0 unspecified atom stereocenters. The third-order valence-corrected chi connectivity index (χ3v) is 4.79. The first-order valence-electron chi connectivity index (χ1n) is 8.60. The van der Waals surface area contributed by atoms with Crippen LogP contribution >= 0.6 is 0 Å². The Kier molecular flexibility index (Phi) is 4.97. The normalized spacial score (nSPS) is 15.4. The van der Waals surface area contributed by atoms with Gasteiger partial charge in [-0.15, -0.1) is 0 Å². The lowest BCUT2D eigenvalue weighted by Gasteiger charge is -2.32. The third kappa shape index (κ3) is 3.62. The van der Waals surface area contributed by atoms with E-state index in [4.69, 9.17) is 4.98 Å². The van der Waals surface area contributed by atoms with Gasteiger partial charge in [-0.25, -0.2) is 14.4 Å². The number of aromatic nitrogens is 2. The molecule has 2 aromatic rings. The number of nitrogens with zero attached hydrogens (tertiary/aromatic N) is 3. The van der Waals surface area contributed by atoms with Gasteiger partial charge in [0.25, 0.3) is 0 Å². The third-order valence-electron chi connectivity index (χ3n) is 4.79. The van der Waals surface area contributed by atoms with Crippen molar-refractivity contribution in [3.8, 4) is 11.4 Å². The summed E-state index contributed by atoms with van der Waals surface area (Å²) in [5, 5.41) is 9.18. The van der Waals surface area contributed by atoms with E-state index in [1.54, 1.807) is 12.1 Å². The van der Waals surface area contributed by atoms with Crippen molar-refractivity contribution in [2.45, 2.75) is 33.1 Å². The van der Waals surface area contributed by atoms with Gasteiger partial charge in [0.2, 0.25) is 0 Å². The second kappa shape index (κ2) is 7.17. The van der Waals surface area contributed by atoms with Crippen LogP contribution in [0.4, 0.5) is 10.2 Å². The van der Waals surface area contributed by atoms with Crippen molar-refractivity contribution in [3.63, 3.8) is 0 Å². The maximum Gasteiger partial charge on any atom is 0.306 e. The first-order chi connectivity index (χ1) is 12.0. The molecular formula is C19H22FN3O2. The van der Waals surface area contributed by atoms with Crippen molar-refractivity contribution < 1.29 is 14.3 Å². The van der Waals surface area contributed by atoms with Gasteiger partial charge in [-0.1, -0.05) is 6.92 Å². The van der Waals surface area contributed by atoms with Crippen molar-refractivity contribution in [2.24, 2.45) is 5.92 Å². The predicted molar refractivity (Wildman–Crippen MR) is 94.1 cm³/mol. The molecule has 0 spiro atoms. The lowest BCUT2D eigenvalue weighted by atomic mass is 9.96. The van der Waals surface area contributed by atoms with Crippen molar-refractivity contribution in [1.82, 2.24) is 9.97 Å². The summed E-state index contributed by atoms with van der Waals surface area (Å²) in [7, 11) is 0. The molecule has 1 fully saturated rings. The number of piperidine rings is 1. The summed E-state index contributed by atoms with van der Waals surface area (Å²) in [6.45, 7) is 5.37. The SMILES string of the molecule is CCc1c(C)nc(-c2ccc(F)cc2)nc1N1CCC(C(=O)O)CC1. The summed E-state index contributed by atoms with van der Waals surface area (Å²) in [5.41, 5.74) is 2.76. The zero-order valence-corrected chi connectivity index (χ0v) is 14.5. The Hall–Kier alpha value is -2.50. The highest BCUT2D eigenvalue weighted by Crippen LogP contribution is 2.29. The zero-order valence-electron chi connectivity index (χ0n) is 14.5. The Morgan fingerprint density at radius 1 is 1.24 bits per heavy atom. The predicted octanol–water partition coefficient (Wildman–Crippen LogP) is 3.45. The number of anilines is 1. The number of carboxylic acids is 1. The standard InChI is InChI=1S/C19H22FN3O2/c1-3-16-12(2)21-17(13-4-6-15(20)7-5-13)22-18(16)23-10-8-14(9-11-23)19(24)25/h4-7,14H,3,8-11H2,1-2H3,(H,24,25). The van der Waals surface area contributed by atoms with Crippen LogP contribution in [0.5, 0.6) is 0 Å². The molecule has 0 bridgehead atoms. The van der Waals surface area contributed by atoms with Gasteiger partial charge in [-0.3, -0.25) is 4.79 Å². The van der Waals surface area contributed by atoms with E-state index in [9.17, 15) is 14.3 Å². The second-order valence-electron chi connectivity index (χ2n) is 6.39. The fourth-order valence-electron chi connectivity index (χ4n) is 3.32. The number of carbonyl (C=O) groups is 1. The fourth-order valence-corrected chi connectivity index (χ4v) is 3.32. The highest BCUT2D eigenvalue weighted by atomic mass is 19.1. The minimum atomic E-state index is -0.721. The van der Waals surface area contributed by atoms with E-state index in [0.29, 0.717) is 31.8 Å². The molecule has 1 aromatic heterocycles. The quantitative estimate of drug-likeness (QED) is 0.921. The van der Waals surface area contributed by atoms with Crippen LogP contribution in [0.3, 0.4) is 0 Å². The average molecular weight is 343 g/mol. The molecule has 2 heterocycles. The van der Waals surface area contributed by atoms with Crippen LogP contribution in [0, 0.1) is 18.7 Å². The fraction of sp³-hybridized carbons (Fsp3) is 0.421. The minimum absolute atomic E-state index is 0.277. The number of aliphatic carboxylic acids is 1. The Labute approximate surface area is 146 Å². The molecule has 132 valence electrons. The van der Waals surface area contributed by atoms with Gasteiger partial charge in [-0.05, 0) is 50.5 Å². The topological polar surface area (TPSA) is 66.3 Å². The molecule has 0 atom stereocenters. The molecule has 25 heavy (non-hydrogen) atoms. The average Bonchev–Trinajstić information content (AvgIpc) is 2.61. The molecule has 5 nitrogen and oxygen atoms in total. The van der Waals surface area contributed by atoms with Crippen LogP contribution in [0.2, 0.25) is 0 Å². The second-order valence-corrected chi connectivity index (χ2v) is 6.39. The van der Waals surface area contributed by atoms with Gasteiger partial charge in [0, 0.05) is 29.9 Å². The molecule has 1 aliphatic rings. The van der Waals surface area contributed by atoms with Crippen molar-refractivity contribution >= 4 is 11.8 Å². The summed E-state index contributed by atoms with van der Waals surface area (Å²) in [4.78, 5) is 22.7. The molecule has 0 amide bonds. The number of hydrogen-bond donors (Lipinski definition) is 1. The van der Waals surface area contributed by atoms with Crippen molar-refractivity contribution in [3.05, 3.63) is 41.3 Å². The highest BCUT2D eigenvalue weighted by Gasteiger charge is 2.27. The van der Waals surface area contributed by atoms with Crippen molar-refractivity contribution in [1.29, 1.82) is 0 Å². The molecule has 3 rings (SSSR count). The molecule has 6 heteroatoms. The van der Waals surface area contributed by atoms with E-state index in [2.05, 4.69) is 16.8 Å². The Bertz CT molecular complexity index is 769. The summed E-state index contributed by atoms with van der Waals surface area (Å²) in [6.07, 6.45) is 2.05. The molecule has 1 N–H and O–H groups in total. The molecule has 0 radical (unpaired) electrons. The highest BCUT2D eigenvalue weighted by molar-refractivity contribution is 5.70. The number of rotatable bonds is 4. The number of halogens is 1. The Morgan fingerprint density at radius 3 is 2.44 bits per heavy atom. The van der Waals surface area contributed by atoms with Gasteiger partial charge in [0.1, 0.15) is 11.6 Å². The van der Waals surface area contributed by atoms with E-state index >= 15 is 0 Å². The first kappa shape index (κ1) is 17.3. The lowest BCUT2D eigenvalue weighted by Crippen LogP contribution is -2.37. The van der Waals surface area contributed by atoms with Crippen LogP contribution in [0.1, 0.15) is 31.0 Å². The minimum Gasteiger partial charge on any atom is -0.481 e. The van der Waals surface area contributed by atoms with Gasteiger partial charge in [-0.2, -0.15) is 0 Å². The van der Waals surface area contributed by atoms with Gasteiger partial charge in [0.05, 0.1) is 5.92 Å². The molecule has 0 aliphatic carbocycles. The molecule has 0 saturated carbocycles. The van der Waals surface area contributed by atoms with Gasteiger partial charge >= 0.3 is 5.97 Å². The Morgan fingerprint density at radius 2 is 1.88 bits per heavy atom. The van der Waals surface area contributed by atoms with Crippen LogP contribution < -0.4 is 4.90 Å². The molecule has 1 aromatic carbocycles. The number of hydrogen-bond acceptors (Lipinski definition) is 4. The van der Waals surface area contributed by atoms with Gasteiger partial charge in [0.15, 0.2) is 5.82 Å². The monoisotopic (exact) mass is 343 g/mol. The number of aryl methyl sites for hydroxylation is 1. The summed E-state index contributed by atoms with van der Waals surface area (Å²) >= 11 is 0. The van der Waals surface area contributed by atoms with Crippen LogP contribution in [-0.4, -0.2) is 34.1 Å². The van der Waals surface area contributed by atoms with Crippen molar-refractivity contribution in [2.75, 3.05) is 18.0 Å². The van der Waals surface area contributed by atoms with E-state index in [1.807, 2.05) is 6.92 Å². The van der Waals surface area contributed by atoms with Crippen LogP contribution in [-0.2, 0) is 11.2 Å². The first-order valence-corrected chi connectivity index (χ1v) is 8.60. The van der Waals surface area contributed by atoms with E-state index < -0.39 is 5.97 Å². The van der Waals surface area contributed by atoms with E-state index in [-0.39, 0.29) is 11.7 Å². The number of carboxylic acid groups (broad SMARTS) is 1. The smallest absolute Gasteiger partial charge is 0.306 e. The lowest BCUT2D eigenvalue weighted by molar-refractivity contribution is -0.142. The maximum atomic E-state index is 13.2. The summed E-state index contributed by atoms with van der Waals surface area (Å²) in [5.74, 6) is 0.159. The van der Waals surface area contributed by atoms with E-state index in [1.165, 1.54) is 12.1 Å². The largest absolute Gasteiger partial charge is 0.481 e. The van der Waals surface area contributed by atoms with Gasteiger partial charge < -0.3 is 10.0 Å². The summed E-state index contributed by atoms with van der Waals surface area (Å²) in [6, 6.07) is 6.16. The van der Waals surface area contributed by atoms with E-state index in [0.717, 1.165) is 29.1 Å². The maximum absolute atomic E-state index is 13.2. The van der Waals surface area contributed by atoms with Crippen LogP contribution in [0.15, 0.2) is 24.3 Å². The summed E-state index contributed by atoms with van der Waals surface area (Å²) < 4.78 is 13.2. The zero-order chi connectivity index (χ0) is 18.0. The molecule has 1 aliphatic heterocycles. The Balaban J connectivity index is 1.95. The number of benzene rings is 1. The molecular weight excluding hydrogens is 321 g/mol. The molecule has 1 saturated heterocycles. The van der Waals surface area contributed by atoms with Crippen LogP contribution in [0.25, 0.3) is 11.4 Å².